The molecule has 0 bridgehead atoms. The summed E-state index contributed by atoms with van der Waals surface area (Å²) >= 11 is 3.87. The first-order valence-corrected chi connectivity index (χ1v) is 8.42. The van der Waals surface area contributed by atoms with E-state index in [4.69, 9.17) is 5.73 Å². The van der Waals surface area contributed by atoms with Gasteiger partial charge in [0.15, 0.2) is 0 Å². The molecule has 0 radical (unpaired) electrons. The minimum Gasteiger partial charge on any atom is -0.395 e. The largest absolute Gasteiger partial charge is 0.395 e. The van der Waals surface area contributed by atoms with E-state index in [0.717, 1.165) is 44.4 Å². The van der Waals surface area contributed by atoms with Crippen LogP contribution in [0.2, 0.25) is 0 Å². The normalized spacial score (nSPS) is 18.6. The Morgan fingerprint density at radius 3 is 3.00 bits per heavy atom. The SMILES string of the molecule is CC1=C(Nc2ccc(I)cc2F)C(N)=C2SCCN2C1. The number of fused-ring (bicyclic) bond motifs is 1. The molecule has 0 unspecified atom stereocenters. The van der Waals surface area contributed by atoms with E-state index in [1.54, 1.807) is 17.8 Å². The van der Waals surface area contributed by atoms with Gasteiger partial charge in [-0.2, -0.15) is 0 Å². The molecule has 0 aliphatic carbocycles. The molecule has 0 amide bonds. The van der Waals surface area contributed by atoms with Crippen LogP contribution in [0.3, 0.4) is 0 Å². The van der Waals surface area contributed by atoms with Crippen molar-refractivity contribution in [3.8, 4) is 0 Å². The molecule has 3 rings (SSSR count). The maximum Gasteiger partial charge on any atom is 0.147 e. The fourth-order valence-electron chi connectivity index (χ4n) is 2.45. The standard InChI is InChI=1S/C14H15FIN3S/c1-8-7-19-4-5-20-14(19)12(17)13(8)18-11-3-2-9(16)6-10(11)15/h2-3,6,18H,4-5,7,17H2,1H3. The third-order valence-corrected chi connectivity index (χ3v) is 5.24. The third kappa shape index (κ3) is 2.50. The molecule has 0 atom stereocenters. The summed E-state index contributed by atoms with van der Waals surface area (Å²) in [6.07, 6.45) is 0. The summed E-state index contributed by atoms with van der Waals surface area (Å²) in [6, 6.07) is 5.15. The second kappa shape index (κ2) is 5.48. The average molecular weight is 403 g/mol. The lowest BCUT2D eigenvalue weighted by molar-refractivity contribution is 0.424. The Hall–Kier alpha value is -0.890. The Morgan fingerprint density at radius 2 is 2.25 bits per heavy atom. The van der Waals surface area contributed by atoms with Gasteiger partial charge in [-0.15, -0.1) is 11.8 Å². The third-order valence-electron chi connectivity index (χ3n) is 3.43. The number of rotatable bonds is 2. The van der Waals surface area contributed by atoms with Crippen LogP contribution in [-0.4, -0.2) is 23.7 Å². The van der Waals surface area contributed by atoms with Gasteiger partial charge in [-0.3, -0.25) is 0 Å². The maximum atomic E-state index is 14.0. The number of nitrogens with two attached hydrogens (primary N) is 1. The van der Waals surface area contributed by atoms with Crippen molar-refractivity contribution in [2.24, 2.45) is 5.73 Å². The van der Waals surface area contributed by atoms with Crippen LogP contribution in [0.4, 0.5) is 10.1 Å². The van der Waals surface area contributed by atoms with Gasteiger partial charge in [0, 0.05) is 22.4 Å². The topological polar surface area (TPSA) is 41.3 Å². The van der Waals surface area contributed by atoms with E-state index in [0.29, 0.717) is 5.69 Å². The molecule has 106 valence electrons. The second-order valence-corrected chi connectivity index (χ2v) is 7.22. The number of benzene rings is 1. The fourth-order valence-corrected chi connectivity index (χ4v) is 4.00. The molecule has 1 fully saturated rings. The van der Waals surface area contributed by atoms with Crippen LogP contribution in [0.25, 0.3) is 0 Å². The summed E-state index contributed by atoms with van der Waals surface area (Å²) < 4.78 is 14.8. The van der Waals surface area contributed by atoms with Gasteiger partial charge >= 0.3 is 0 Å². The Morgan fingerprint density at radius 1 is 1.45 bits per heavy atom. The molecule has 1 aromatic carbocycles. The highest BCUT2D eigenvalue weighted by Crippen LogP contribution is 2.36. The number of nitrogens with zero attached hydrogens (tertiary/aromatic N) is 1. The zero-order chi connectivity index (χ0) is 14.3. The predicted molar refractivity (Wildman–Crippen MR) is 90.7 cm³/mol. The first-order valence-electron chi connectivity index (χ1n) is 6.36. The van der Waals surface area contributed by atoms with E-state index >= 15 is 0 Å². The van der Waals surface area contributed by atoms with E-state index < -0.39 is 0 Å². The van der Waals surface area contributed by atoms with Crippen LogP contribution in [0.15, 0.2) is 40.2 Å². The van der Waals surface area contributed by atoms with Gasteiger partial charge in [0.2, 0.25) is 0 Å². The van der Waals surface area contributed by atoms with Crippen molar-refractivity contribution in [3.05, 3.63) is 49.6 Å². The maximum absolute atomic E-state index is 14.0. The molecule has 0 spiro atoms. The van der Waals surface area contributed by atoms with Crippen molar-refractivity contribution in [1.82, 2.24) is 4.90 Å². The van der Waals surface area contributed by atoms with E-state index in [1.807, 2.05) is 13.0 Å². The minimum atomic E-state index is -0.253. The van der Waals surface area contributed by atoms with Gasteiger partial charge in [-0.05, 0) is 53.3 Å². The van der Waals surface area contributed by atoms with Crippen LogP contribution in [0.5, 0.6) is 0 Å². The molecule has 2 aliphatic rings. The summed E-state index contributed by atoms with van der Waals surface area (Å²) in [5.74, 6) is 0.811. The van der Waals surface area contributed by atoms with E-state index in [9.17, 15) is 4.39 Å². The lowest BCUT2D eigenvalue weighted by atomic mass is 10.1. The van der Waals surface area contributed by atoms with E-state index in [2.05, 4.69) is 32.8 Å². The van der Waals surface area contributed by atoms with Gasteiger partial charge < -0.3 is 16.0 Å². The molecule has 1 aromatic rings. The zero-order valence-electron chi connectivity index (χ0n) is 11.0. The number of hydrogen-bond acceptors (Lipinski definition) is 4. The quantitative estimate of drug-likeness (QED) is 0.744. The van der Waals surface area contributed by atoms with E-state index in [1.165, 1.54) is 6.07 Å². The van der Waals surface area contributed by atoms with Crippen LogP contribution >= 0.6 is 34.4 Å². The van der Waals surface area contributed by atoms with Gasteiger partial charge in [0.25, 0.3) is 0 Å². The predicted octanol–water partition coefficient (Wildman–Crippen LogP) is 3.31. The first-order chi connectivity index (χ1) is 9.56. The summed E-state index contributed by atoms with van der Waals surface area (Å²) in [5.41, 5.74) is 9.46. The monoisotopic (exact) mass is 403 g/mol. The lowest BCUT2D eigenvalue weighted by Crippen LogP contribution is -2.30. The summed E-state index contributed by atoms with van der Waals surface area (Å²) in [6.45, 7) is 3.93. The smallest absolute Gasteiger partial charge is 0.147 e. The number of anilines is 1. The molecule has 0 aromatic heterocycles. The van der Waals surface area contributed by atoms with Crippen molar-refractivity contribution >= 4 is 40.0 Å². The minimum absolute atomic E-state index is 0.253. The number of hydrogen-bond donors (Lipinski definition) is 2. The summed E-state index contributed by atoms with van der Waals surface area (Å²) in [7, 11) is 0. The average Bonchev–Trinajstić information content (AvgIpc) is 2.85. The molecule has 2 heterocycles. The molecular formula is C14H15FIN3S. The molecule has 1 saturated heterocycles. The van der Waals surface area contributed by atoms with Crippen LogP contribution in [0.1, 0.15) is 6.92 Å². The van der Waals surface area contributed by atoms with Crippen molar-refractivity contribution in [2.75, 3.05) is 24.2 Å². The molecule has 3 N–H and O–H groups in total. The summed E-state index contributed by atoms with van der Waals surface area (Å²) in [4.78, 5) is 2.28. The fraction of sp³-hybridized carbons (Fsp3) is 0.286. The number of halogens is 2. The Labute approximate surface area is 135 Å². The lowest BCUT2D eigenvalue weighted by Gasteiger charge is -2.29. The Balaban J connectivity index is 1.93. The van der Waals surface area contributed by atoms with Crippen molar-refractivity contribution in [2.45, 2.75) is 6.92 Å². The van der Waals surface area contributed by atoms with Crippen LogP contribution in [0, 0.1) is 9.39 Å². The zero-order valence-corrected chi connectivity index (χ0v) is 14.0. The number of thioether (sulfide) groups is 1. The molecule has 3 nitrogen and oxygen atoms in total. The molecule has 2 aliphatic heterocycles. The van der Waals surface area contributed by atoms with Crippen LogP contribution in [-0.2, 0) is 0 Å². The molecule has 20 heavy (non-hydrogen) atoms. The van der Waals surface area contributed by atoms with Gasteiger partial charge in [0.1, 0.15) is 5.82 Å². The van der Waals surface area contributed by atoms with Gasteiger partial charge in [-0.1, -0.05) is 0 Å². The van der Waals surface area contributed by atoms with Crippen molar-refractivity contribution in [1.29, 1.82) is 0 Å². The summed E-state index contributed by atoms with van der Waals surface area (Å²) in [5, 5.41) is 4.28. The van der Waals surface area contributed by atoms with Crippen molar-refractivity contribution in [3.63, 3.8) is 0 Å². The molecule has 6 heteroatoms. The van der Waals surface area contributed by atoms with Gasteiger partial charge in [-0.25, -0.2) is 4.39 Å². The Kier molecular flexibility index (Phi) is 3.85. The second-order valence-electron chi connectivity index (χ2n) is 4.89. The first kappa shape index (κ1) is 14.1. The molecule has 0 saturated carbocycles. The molecular weight excluding hydrogens is 388 g/mol. The van der Waals surface area contributed by atoms with Crippen molar-refractivity contribution < 1.29 is 4.39 Å². The van der Waals surface area contributed by atoms with Gasteiger partial charge in [0.05, 0.1) is 22.1 Å². The number of nitrogens with one attached hydrogen (secondary N) is 1. The highest BCUT2D eigenvalue weighted by molar-refractivity contribution is 14.1. The Bertz CT molecular complexity index is 627. The van der Waals surface area contributed by atoms with Crippen LogP contribution < -0.4 is 11.1 Å². The van der Waals surface area contributed by atoms with E-state index in [-0.39, 0.29) is 5.82 Å². The highest BCUT2D eigenvalue weighted by atomic mass is 127. The highest BCUT2D eigenvalue weighted by Gasteiger charge is 2.28.